The van der Waals surface area contributed by atoms with E-state index in [1.54, 1.807) is 0 Å². The van der Waals surface area contributed by atoms with Crippen molar-refractivity contribution in [2.24, 2.45) is 0 Å². The molecule has 1 amide bonds. The van der Waals surface area contributed by atoms with Crippen LogP contribution < -0.4 is 5.32 Å². The third kappa shape index (κ3) is 2.73. The lowest BCUT2D eigenvalue weighted by molar-refractivity contribution is -0.126. The van der Waals surface area contributed by atoms with E-state index in [0.29, 0.717) is 4.60 Å². The summed E-state index contributed by atoms with van der Waals surface area (Å²) in [4.78, 5) is 14.3. The van der Waals surface area contributed by atoms with E-state index in [-0.39, 0.29) is 5.69 Å². The van der Waals surface area contributed by atoms with Gasteiger partial charge in [-0.3, -0.25) is 4.79 Å². The van der Waals surface area contributed by atoms with Crippen molar-refractivity contribution in [2.75, 3.05) is 5.32 Å². The van der Waals surface area contributed by atoms with Gasteiger partial charge in [0.1, 0.15) is 4.60 Å². The normalized spacial score (nSPS) is 10.2. The number of amides is 1. The van der Waals surface area contributed by atoms with Crippen LogP contribution >= 0.6 is 15.9 Å². The maximum Gasteiger partial charge on any atom is 0.315 e. The van der Waals surface area contributed by atoms with Gasteiger partial charge in [0, 0.05) is 6.20 Å². The Morgan fingerprint density at radius 3 is 2.85 bits per heavy atom. The zero-order valence-corrected chi connectivity index (χ0v) is 7.88. The summed E-state index contributed by atoms with van der Waals surface area (Å²) in [6.07, 6.45) is -1.55. The fraction of sp³-hybridized carbons (Fsp3) is 0.143. The Kier molecular flexibility index (Phi) is 3.30. The molecule has 13 heavy (non-hydrogen) atoms. The van der Waals surface area contributed by atoms with Crippen LogP contribution in [-0.2, 0) is 4.79 Å². The molecule has 1 rings (SSSR count). The fourth-order valence-electron chi connectivity index (χ4n) is 0.667. The van der Waals surface area contributed by atoms with Gasteiger partial charge in [-0.1, -0.05) is 0 Å². The van der Waals surface area contributed by atoms with Crippen LogP contribution in [-0.4, -0.2) is 17.3 Å². The van der Waals surface area contributed by atoms with Gasteiger partial charge in [-0.15, -0.1) is 0 Å². The molecule has 0 unspecified atom stereocenters. The summed E-state index contributed by atoms with van der Waals surface area (Å²) in [6.45, 7) is 0. The molecule has 0 radical (unpaired) electrons. The Bertz CT molecular complexity index is 319. The molecule has 0 saturated carbocycles. The quantitative estimate of drug-likeness (QED) is 0.817. The maximum atomic E-state index is 11.8. The SMILES string of the molecule is O=C(Nc1cccnc1Br)C(F)F. The third-order valence-corrected chi connectivity index (χ3v) is 1.85. The summed E-state index contributed by atoms with van der Waals surface area (Å²) in [5, 5.41) is 2.01. The number of rotatable bonds is 2. The molecule has 0 aliphatic heterocycles. The van der Waals surface area contributed by atoms with Crippen molar-refractivity contribution in [3.05, 3.63) is 22.9 Å². The molecule has 3 nitrogen and oxygen atoms in total. The number of nitrogens with zero attached hydrogens (tertiary/aromatic N) is 1. The minimum absolute atomic E-state index is 0.229. The van der Waals surface area contributed by atoms with E-state index in [9.17, 15) is 13.6 Å². The van der Waals surface area contributed by atoms with Crippen LogP contribution in [0.4, 0.5) is 14.5 Å². The first-order valence-electron chi connectivity index (χ1n) is 3.31. The number of hydrogen-bond acceptors (Lipinski definition) is 2. The Morgan fingerprint density at radius 2 is 2.31 bits per heavy atom. The Labute approximate surface area is 81.3 Å². The molecule has 0 aromatic carbocycles. The molecule has 0 spiro atoms. The first-order chi connectivity index (χ1) is 6.11. The molecule has 1 aromatic rings. The third-order valence-electron chi connectivity index (χ3n) is 1.22. The molecular formula is C7H5BrF2N2O. The molecule has 0 fully saturated rings. The fourth-order valence-corrected chi connectivity index (χ4v) is 1.02. The second kappa shape index (κ2) is 4.27. The van der Waals surface area contributed by atoms with Gasteiger partial charge in [0.25, 0.3) is 5.91 Å². The van der Waals surface area contributed by atoms with Crippen LogP contribution in [0.5, 0.6) is 0 Å². The molecule has 1 heterocycles. The maximum absolute atomic E-state index is 11.8. The summed E-state index contributed by atoms with van der Waals surface area (Å²) in [6, 6.07) is 3.00. The number of carbonyl (C=O) groups excluding carboxylic acids is 1. The van der Waals surface area contributed by atoms with Gasteiger partial charge < -0.3 is 5.32 Å². The number of pyridine rings is 1. The van der Waals surface area contributed by atoms with E-state index in [1.165, 1.54) is 18.3 Å². The summed E-state index contributed by atoms with van der Waals surface area (Å²) in [5.74, 6) is -1.34. The first kappa shape index (κ1) is 10.0. The van der Waals surface area contributed by atoms with E-state index in [1.807, 2.05) is 5.32 Å². The Morgan fingerprint density at radius 1 is 1.62 bits per heavy atom. The molecule has 1 aromatic heterocycles. The van der Waals surface area contributed by atoms with Crippen LogP contribution in [0, 0.1) is 0 Å². The van der Waals surface area contributed by atoms with Gasteiger partial charge in [0.2, 0.25) is 0 Å². The highest BCUT2D eigenvalue weighted by Crippen LogP contribution is 2.18. The lowest BCUT2D eigenvalue weighted by Crippen LogP contribution is -2.20. The lowest BCUT2D eigenvalue weighted by atomic mass is 10.4. The number of nitrogens with one attached hydrogen (secondary N) is 1. The minimum Gasteiger partial charge on any atom is -0.319 e. The summed E-state index contributed by atoms with van der Waals surface area (Å²) in [7, 11) is 0. The monoisotopic (exact) mass is 250 g/mol. The molecule has 0 aliphatic rings. The molecule has 0 aliphatic carbocycles. The molecule has 1 N–H and O–H groups in total. The first-order valence-corrected chi connectivity index (χ1v) is 4.10. The lowest BCUT2D eigenvalue weighted by Gasteiger charge is -2.04. The average molecular weight is 251 g/mol. The van der Waals surface area contributed by atoms with Crippen LogP contribution in [0.2, 0.25) is 0 Å². The highest BCUT2D eigenvalue weighted by molar-refractivity contribution is 9.10. The van der Waals surface area contributed by atoms with Crippen molar-refractivity contribution in [2.45, 2.75) is 6.43 Å². The summed E-state index contributed by atoms with van der Waals surface area (Å²) < 4.78 is 23.9. The Balaban J connectivity index is 2.75. The number of alkyl halides is 2. The van der Waals surface area contributed by atoms with Crippen molar-refractivity contribution in [3.8, 4) is 0 Å². The predicted molar refractivity (Wildman–Crippen MR) is 46.6 cm³/mol. The largest absolute Gasteiger partial charge is 0.319 e. The van der Waals surface area contributed by atoms with E-state index in [0.717, 1.165) is 0 Å². The van der Waals surface area contributed by atoms with Crippen LogP contribution in [0.3, 0.4) is 0 Å². The summed E-state index contributed by atoms with van der Waals surface area (Å²) in [5.41, 5.74) is 0.229. The van der Waals surface area contributed by atoms with Gasteiger partial charge in [-0.05, 0) is 28.1 Å². The van der Waals surface area contributed by atoms with Crippen molar-refractivity contribution in [3.63, 3.8) is 0 Å². The molecular weight excluding hydrogens is 246 g/mol. The van der Waals surface area contributed by atoms with E-state index >= 15 is 0 Å². The highest BCUT2D eigenvalue weighted by Gasteiger charge is 2.15. The van der Waals surface area contributed by atoms with Gasteiger partial charge in [-0.2, -0.15) is 8.78 Å². The number of carbonyl (C=O) groups is 1. The standard InChI is InChI=1S/C7H5BrF2N2O/c8-5-4(2-1-3-11-5)12-7(13)6(9)10/h1-3,6H,(H,12,13). The zero-order valence-electron chi connectivity index (χ0n) is 6.30. The Hall–Kier alpha value is -1.04. The number of anilines is 1. The second-order valence-corrected chi connectivity index (χ2v) is 2.88. The van der Waals surface area contributed by atoms with Crippen molar-refractivity contribution in [1.29, 1.82) is 0 Å². The summed E-state index contributed by atoms with van der Waals surface area (Å²) >= 11 is 3.00. The van der Waals surface area contributed by atoms with Gasteiger partial charge >= 0.3 is 6.43 Å². The van der Waals surface area contributed by atoms with E-state index < -0.39 is 12.3 Å². The van der Waals surface area contributed by atoms with Crippen LogP contribution in [0.15, 0.2) is 22.9 Å². The molecule has 6 heteroatoms. The molecule has 0 atom stereocenters. The topological polar surface area (TPSA) is 42.0 Å². The van der Waals surface area contributed by atoms with Gasteiger partial charge in [0.15, 0.2) is 0 Å². The van der Waals surface area contributed by atoms with E-state index in [4.69, 9.17) is 0 Å². The average Bonchev–Trinajstić information content (AvgIpc) is 2.08. The molecule has 0 saturated heterocycles. The highest BCUT2D eigenvalue weighted by atomic mass is 79.9. The van der Waals surface area contributed by atoms with E-state index in [2.05, 4.69) is 20.9 Å². The number of aromatic nitrogens is 1. The number of hydrogen-bond donors (Lipinski definition) is 1. The zero-order chi connectivity index (χ0) is 9.84. The van der Waals surface area contributed by atoms with Crippen molar-refractivity contribution in [1.82, 2.24) is 4.98 Å². The molecule has 0 bridgehead atoms. The molecule has 70 valence electrons. The van der Waals surface area contributed by atoms with Gasteiger partial charge in [0.05, 0.1) is 5.69 Å². The smallest absolute Gasteiger partial charge is 0.315 e. The van der Waals surface area contributed by atoms with Crippen LogP contribution in [0.25, 0.3) is 0 Å². The van der Waals surface area contributed by atoms with Crippen LogP contribution in [0.1, 0.15) is 0 Å². The second-order valence-electron chi connectivity index (χ2n) is 2.13. The minimum atomic E-state index is -3.02. The van der Waals surface area contributed by atoms with Gasteiger partial charge in [-0.25, -0.2) is 4.98 Å². The predicted octanol–water partition coefficient (Wildman–Crippen LogP) is 2.05. The number of halogens is 3. The van der Waals surface area contributed by atoms with Crippen molar-refractivity contribution < 1.29 is 13.6 Å². The van der Waals surface area contributed by atoms with Crippen molar-refractivity contribution >= 4 is 27.5 Å².